The van der Waals surface area contributed by atoms with Crippen molar-refractivity contribution < 1.29 is 9.53 Å². The third-order valence-corrected chi connectivity index (χ3v) is 4.87. The zero-order valence-corrected chi connectivity index (χ0v) is 17.0. The molecular weight excluding hydrogens is 372 g/mol. The molecule has 2 aromatic carbocycles. The Kier molecular flexibility index (Phi) is 6.77. The minimum absolute atomic E-state index is 0.0278. The van der Waals surface area contributed by atoms with E-state index in [9.17, 15) is 4.79 Å². The van der Waals surface area contributed by atoms with E-state index >= 15 is 0 Å². The highest BCUT2D eigenvalue weighted by Gasteiger charge is 2.17. The van der Waals surface area contributed by atoms with E-state index in [1.54, 1.807) is 7.11 Å². The van der Waals surface area contributed by atoms with Crippen molar-refractivity contribution in [2.75, 3.05) is 13.7 Å². The van der Waals surface area contributed by atoms with Crippen LogP contribution in [-0.2, 0) is 13.1 Å². The van der Waals surface area contributed by atoms with Crippen LogP contribution in [0.2, 0.25) is 5.02 Å². The number of hydrogen-bond donors (Lipinski definition) is 0. The summed E-state index contributed by atoms with van der Waals surface area (Å²) in [6.45, 7) is 4.07. The summed E-state index contributed by atoms with van der Waals surface area (Å²) in [5.74, 6) is 0.772. The van der Waals surface area contributed by atoms with Gasteiger partial charge in [-0.3, -0.25) is 4.79 Å². The summed E-state index contributed by atoms with van der Waals surface area (Å²) in [5, 5.41) is 0.730. The maximum atomic E-state index is 13.0. The Bertz CT molecular complexity index is 918. The van der Waals surface area contributed by atoms with Gasteiger partial charge in [-0.15, -0.1) is 0 Å². The zero-order chi connectivity index (χ0) is 19.9. The number of methoxy groups -OCH3 is 1. The number of carbonyl (C=O) groups excluding carboxylic acids is 1. The fraction of sp³-hybridized carbons (Fsp3) is 0.261. The number of hydrogen-bond acceptors (Lipinski definition) is 2. The summed E-state index contributed by atoms with van der Waals surface area (Å²) in [5.41, 5.74) is 2.89. The van der Waals surface area contributed by atoms with Crippen LogP contribution in [0.25, 0.3) is 0 Å². The molecule has 1 aromatic heterocycles. The van der Waals surface area contributed by atoms with Crippen molar-refractivity contribution in [1.82, 2.24) is 9.47 Å². The van der Waals surface area contributed by atoms with Crippen LogP contribution in [0.3, 0.4) is 0 Å². The predicted molar refractivity (Wildman–Crippen MR) is 113 cm³/mol. The number of rotatable bonds is 8. The lowest BCUT2D eigenvalue weighted by Gasteiger charge is -2.23. The third-order valence-electron chi connectivity index (χ3n) is 4.64. The van der Waals surface area contributed by atoms with Crippen molar-refractivity contribution in [3.63, 3.8) is 0 Å². The molecule has 0 unspecified atom stereocenters. The molecule has 146 valence electrons. The van der Waals surface area contributed by atoms with Crippen LogP contribution in [0.4, 0.5) is 0 Å². The Morgan fingerprint density at radius 2 is 1.89 bits per heavy atom. The molecule has 5 heteroatoms. The minimum Gasteiger partial charge on any atom is -0.497 e. The van der Waals surface area contributed by atoms with Crippen LogP contribution in [0, 0.1) is 0 Å². The summed E-state index contributed by atoms with van der Waals surface area (Å²) in [7, 11) is 1.62. The molecule has 0 aliphatic heterocycles. The third kappa shape index (κ3) is 4.96. The van der Waals surface area contributed by atoms with Crippen molar-refractivity contribution in [2.24, 2.45) is 0 Å². The van der Waals surface area contributed by atoms with Gasteiger partial charge in [-0.2, -0.15) is 0 Å². The van der Waals surface area contributed by atoms with E-state index in [-0.39, 0.29) is 5.91 Å². The molecule has 1 amide bonds. The maximum absolute atomic E-state index is 13.0. The quantitative estimate of drug-likeness (QED) is 0.521. The monoisotopic (exact) mass is 396 g/mol. The molecule has 28 heavy (non-hydrogen) atoms. The lowest BCUT2D eigenvalue weighted by molar-refractivity contribution is 0.0739. The van der Waals surface area contributed by atoms with E-state index in [1.165, 1.54) is 0 Å². The predicted octanol–water partition coefficient (Wildman–Crippen LogP) is 5.25. The van der Waals surface area contributed by atoms with E-state index < -0.39 is 0 Å². The maximum Gasteiger partial charge on any atom is 0.254 e. The molecule has 3 rings (SSSR count). The summed E-state index contributed by atoms with van der Waals surface area (Å²) < 4.78 is 7.35. The van der Waals surface area contributed by atoms with Gasteiger partial charge in [-0.25, -0.2) is 0 Å². The summed E-state index contributed by atoms with van der Waals surface area (Å²) >= 11 is 6.11. The topological polar surface area (TPSA) is 34.5 Å². The second-order valence-electron chi connectivity index (χ2n) is 6.71. The highest BCUT2D eigenvalue weighted by molar-refractivity contribution is 6.30. The lowest BCUT2D eigenvalue weighted by Crippen LogP contribution is -2.32. The molecule has 0 radical (unpaired) electrons. The Hall–Kier alpha value is -2.72. The Morgan fingerprint density at radius 1 is 1.11 bits per heavy atom. The van der Waals surface area contributed by atoms with Crippen LogP contribution >= 0.6 is 11.6 Å². The lowest BCUT2D eigenvalue weighted by atomic mass is 10.1. The van der Waals surface area contributed by atoms with Gasteiger partial charge in [-0.1, -0.05) is 30.7 Å². The van der Waals surface area contributed by atoms with Gasteiger partial charge in [0.25, 0.3) is 5.91 Å². The van der Waals surface area contributed by atoms with Crippen molar-refractivity contribution in [3.05, 3.63) is 88.7 Å². The first-order valence-corrected chi connectivity index (χ1v) is 9.80. The largest absolute Gasteiger partial charge is 0.497 e. The van der Waals surface area contributed by atoms with Gasteiger partial charge in [0.05, 0.1) is 13.7 Å². The van der Waals surface area contributed by atoms with Gasteiger partial charge in [0.15, 0.2) is 0 Å². The first kappa shape index (κ1) is 20.0. The molecule has 0 N–H and O–H groups in total. The number of amides is 1. The summed E-state index contributed by atoms with van der Waals surface area (Å²) in [6.07, 6.45) is 2.94. The van der Waals surface area contributed by atoms with E-state index in [2.05, 4.69) is 23.6 Å². The molecule has 0 bridgehead atoms. The first-order valence-electron chi connectivity index (χ1n) is 9.42. The van der Waals surface area contributed by atoms with Gasteiger partial charge in [0, 0.05) is 35.6 Å². The second-order valence-corrected chi connectivity index (χ2v) is 7.15. The fourth-order valence-corrected chi connectivity index (χ4v) is 3.43. The molecule has 0 atom stereocenters. The standard InChI is InChI=1S/C23H25ClN2O2/c1-3-13-26(23(27)19-9-11-22(28-2)12-10-19)17-21-8-5-14-25(21)16-18-6-4-7-20(24)15-18/h4-12,14-15H,3,13,16-17H2,1-2H3. The minimum atomic E-state index is 0.0278. The molecule has 4 nitrogen and oxygen atoms in total. The summed E-state index contributed by atoms with van der Waals surface area (Å²) in [6, 6.07) is 19.2. The smallest absolute Gasteiger partial charge is 0.254 e. The van der Waals surface area contributed by atoms with Crippen molar-refractivity contribution in [2.45, 2.75) is 26.4 Å². The van der Waals surface area contributed by atoms with E-state index in [0.717, 1.165) is 35.0 Å². The molecule has 3 aromatic rings. The average Bonchev–Trinajstić information content (AvgIpc) is 3.14. The van der Waals surface area contributed by atoms with E-state index in [1.807, 2.05) is 59.6 Å². The number of benzene rings is 2. The molecule has 0 aliphatic rings. The van der Waals surface area contributed by atoms with Gasteiger partial charge in [-0.05, 0) is 60.5 Å². The van der Waals surface area contributed by atoms with Crippen LogP contribution in [0.1, 0.15) is 35.0 Å². The SMILES string of the molecule is CCCN(Cc1cccn1Cc1cccc(Cl)c1)C(=O)c1ccc(OC)cc1. The van der Waals surface area contributed by atoms with Crippen LogP contribution in [0.15, 0.2) is 66.9 Å². The molecule has 1 heterocycles. The van der Waals surface area contributed by atoms with Gasteiger partial charge in [0.2, 0.25) is 0 Å². The van der Waals surface area contributed by atoms with Crippen LogP contribution in [-0.4, -0.2) is 29.0 Å². The molecule has 0 spiro atoms. The van der Waals surface area contributed by atoms with Crippen LogP contribution in [0.5, 0.6) is 5.75 Å². The van der Waals surface area contributed by atoms with Gasteiger partial charge < -0.3 is 14.2 Å². The molecule has 0 fully saturated rings. The fourth-order valence-electron chi connectivity index (χ4n) is 3.21. The highest BCUT2D eigenvalue weighted by atomic mass is 35.5. The van der Waals surface area contributed by atoms with Gasteiger partial charge >= 0.3 is 0 Å². The number of carbonyl (C=O) groups is 1. The van der Waals surface area contributed by atoms with Crippen LogP contribution < -0.4 is 4.74 Å². The number of ether oxygens (including phenoxy) is 1. The number of nitrogens with zero attached hydrogens (tertiary/aromatic N) is 2. The number of aromatic nitrogens is 1. The Labute approximate surface area is 171 Å². The molecular formula is C23H25ClN2O2. The Morgan fingerprint density at radius 3 is 2.57 bits per heavy atom. The second kappa shape index (κ2) is 9.47. The van der Waals surface area contributed by atoms with Crippen molar-refractivity contribution in [1.29, 1.82) is 0 Å². The molecule has 0 aliphatic carbocycles. The molecule has 0 saturated carbocycles. The molecule has 0 saturated heterocycles. The van der Waals surface area contributed by atoms with Crippen molar-refractivity contribution >= 4 is 17.5 Å². The number of halogens is 1. The average molecular weight is 397 g/mol. The van der Waals surface area contributed by atoms with E-state index in [0.29, 0.717) is 18.7 Å². The van der Waals surface area contributed by atoms with Gasteiger partial charge in [0.1, 0.15) is 5.75 Å². The van der Waals surface area contributed by atoms with E-state index in [4.69, 9.17) is 16.3 Å². The first-order chi connectivity index (χ1) is 13.6. The highest BCUT2D eigenvalue weighted by Crippen LogP contribution is 2.17. The Balaban J connectivity index is 1.77. The zero-order valence-electron chi connectivity index (χ0n) is 16.3. The summed E-state index contributed by atoms with van der Waals surface area (Å²) in [4.78, 5) is 14.9. The van der Waals surface area contributed by atoms with Crippen molar-refractivity contribution in [3.8, 4) is 5.75 Å². The normalized spacial score (nSPS) is 10.7.